The maximum atomic E-state index is 10.9. The summed E-state index contributed by atoms with van der Waals surface area (Å²) in [6.45, 7) is 1.77. The van der Waals surface area contributed by atoms with Crippen LogP contribution in [-0.2, 0) is 11.3 Å². The third-order valence-electron chi connectivity index (χ3n) is 2.27. The predicted molar refractivity (Wildman–Crippen MR) is 69.1 cm³/mol. The van der Waals surface area contributed by atoms with Crippen LogP contribution in [0.4, 0.5) is 0 Å². The van der Waals surface area contributed by atoms with Gasteiger partial charge in [-0.25, -0.2) is 4.98 Å². The van der Waals surface area contributed by atoms with Crippen molar-refractivity contribution in [2.75, 3.05) is 0 Å². The Hall–Kier alpha value is -1.52. The van der Waals surface area contributed by atoms with E-state index >= 15 is 0 Å². The molecule has 0 spiro atoms. The molecule has 1 heterocycles. The third-order valence-corrected chi connectivity index (χ3v) is 2.87. The first-order chi connectivity index (χ1) is 8.56. The molecule has 1 aromatic carbocycles. The SMILES string of the molecule is CC(=O)Oc1cncn1Cc1cc(Cl)ccc1Cl. The fraction of sp³-hybridized carbons (Fsp3) is 0.167. The van der Waals surface area contributed by atoms with Crippen molar-refractivity contribution < 1.29 is 9.53 Å². The van der Waals surface area contributed by atoms with E-state index in [9.17, 15) is 4.79 Å². The molecule has 94 valence electrons. The van der Waals surface area contributed by atoms with E-state index in [1.807, 2.05) is 0 Å². The highest BCUT2D eigenvalue weighted by atomic mass is 35.5. The summed E-state index contributed by atoms with van der Waals surface area (Å²) in [6.07, 6.45) is 3.04. The molecule has 0 N–H and O–H groups in total. The molecule has 0 aliphatic heterocycles. The summed E-state index contributed by atoms with van der Waals surface area (Å²) in [4.78, 5) is 14.9. The second-order valence-corrected chi connectivity index (χ2v) is 4.53. The Kier molecular flexibility index (Phi) is 3.89. The summed E-state index contributed by atoms with van der Waals surface area (Å²) >= 11 is 12.0. The lowest BCUT2D eigenvalue weighted by Gasteiger charge is -2.09. The van der Waals surface area contributed by atoms with Gasteiger partial charge in [0.2, 0.25) is 5.88 Å². The number of hydrogen-bond donors (Lipinski definition) is 0. The number of benzene rings is 1. The average molecular weight is 285 g/mol. The van der Waals surface area contributed by atoms with Crippen molar-refractivity contribution >= 4 is 29.2 Å². The zero-order chi connectivity index (χ0) is 13.1. The van der Waals surface area contributed by atoms with E-state index in [1.165, 1.54) is 13.1 Å². The molecule has 0 saturated heterocycles. The Morgan fingerprint density at radius 2 is 2.22 bits per heavy atom. The number of imidazole rings is 1. The van der Waals surface area contributed by atoms with E-state index in [2.05, 4.69) is 4.98 Å². The fourth-order valence-corrected chi connectivity index (χ4v) is 1.88. The van der Waals surface area contributed by atoms with Crippen molar-refractivity contribution in [1.82, 2.24) is 9.55 Å². The van der Waals surface area contributed by atoms with Crippen LogP contribution in [0.1, 0.15) is 12.5 Å². The van der Waals surface area contributed by atoms with Gasteiger partial charge >= 0.3 is 5.97 Å². The monoisotopic (exact) mass is 284 g/mol. The van der Waals surface area contributed by atoms with Crippen LogP contribution < -0.4 is 4.74 Å². The standard InChI is InChI=1S/C12H10Cl2N2O2/c1-8(17)18-12-5-15-7-16(12)6-9-4-10(13)2-3-11(9)14/h2-5,7H,6H2,1H3. The van der Waals surface area contributed by atoms with Gasteiger partial charge in [0.25, 0.3) is 0 Å². The molecular formula is C12H10Cl2N2O2. The molecule has 0 saturated carbocycles. The maximum Gasteiger partial charge on any atom is 0.309 e. The van der Waals surface area contributed by atoms with Crippen molar-refractivity contribution in [1.29, 1.82) is 0 Å². The number of carbonyl (C=O) groups is 1. The topological polar surface area (TPSA) is 44.1 Å². The number of nitrogens with zero attached hydrogens (tertiary/aromatic N) is 2. The highest BCUT2D eigenvalue weighted by Crippen LogP contribution is 2.23. The number of esters is 1. The molecule has 0 amide bonds. The van der Waals surface area contributed by atoms with Crippen LogP contribution in [0, 0.1) is 0 Å². The molecular weight excluding hydrogens is 275 g/mol. The largest absolute Gasteiger partial charge is 0.408 e. The zero-order valence-electron chi connectivity index (χ0n) is 9.56. The van der Waals surface area contributed by atoms with E-state index in [4.69, 9.17) is 27.9 Å². The van der Waals surface area contributed by atoms with Crippen molar-refractivity contribution in [3.63, 3.8) is 0 Å². The first kappa shape index (κ1) is 12.9. The summed E-state index contributed by atoms with van der Waals surface area (Å²) in [6, 6.07) is 5.21. The lowest BCUT2D eigenvalue weighted by Crippen LogP contribution is -2.08. The molecule has 2 aromatic rings. The maximum absolute atomic E-state index is 10.9. The average Bonchev–Trinajstić information content (AvgIpc) is 2.70. The first-order valence-electron chi connectivity index (χ1n) is 5.19. The molecule has 2 rings (SSSR count). The van der Waals surface area contributed by atoms with E-state index in [-0.39, 0.29) is 0 Å². The minimum atomic E-state index is -0.394. The molecule has 6 heteroatoms. The van der Waals surface area contributed by atoms with Gasteiger partial charge in [0.15, 0.2) is 0 Å². The van der Waals surface area contributed by atoms with Crippen molar-refractivity contribution in [3.05, 3.63) is 46.3 Å². The highest BCUT2D eigenvalue weighted by molar-refractivity contribution is 6.33. The van der Waals surface area contributed by atoms with Crippen molar-refractivity contribution in [2.24, 2.45) is 0 Å². The molecule has 0 atom stereocenters. The van der Waals surface area contributed by atoms with Gasteiger partial charge in [-0.1, -0.05) is 23.2 Å². The van der Waals surface area contributed by atoms with Gasteiger partial charge < -0.3 is 4.74 Å². The predicted octanol–water partition coefficient (Wildman–Crippen LogP) is 3.16. The Morgan fingerprint density at radius 1 is 1.44 bits per heavy atom. The minimum Gasteiger partial charge on any atom is -0.408 e. The van der Waals surface area contributed by atoms with Crippen LogP contribution in [0.15, 0.2) is 30.7 Å². The van der Waals surface area contributed by atoms with Gasteiger partial charge in [0, 0.05) is 17.0 Å². The molecule has 1 aromatic heterocycles. The Balaban J connectivity index is 2.26. The number of halogens is 2. The van der Waals surface area contributed by atoms with Gasteiger partial charge in [-0.3, -0.25) is 9.36 Å². The smallest absolute Gasteiger partial charge is 0.309 e. The van der Waals surface area contributed by atoms with Crippen molar-refractivity contribution in [2.45, 2.75) is 13.5 Å². The number of aromatic nitrogens is 2. The first-order valence-corrected chi connectivity index (χ1v) is 5.94. The second kappa shape index (κ2) is 5.42. The van der Waals surface area contributed by atoms with Crippen molar-refractivity contribution in [3.8, 4) is 5.88 Å². The van der Waals surface area contributed by atoms with Gasteiger partial charge in [0.1, 0.15) is 0 Å². The quantitative estimate of drug-likeness (QED) is 0.814. The number of rotatable bonds is 3. The normalized spacial score (nSPS) is 10.4. The van der Waals surface area contributed by atoms with E-state index < -0.39 is 5.97 Å². The summed E-state index contributed by atoms with van der Waals surface area (Å²) in [5.41, 5.74) is 0.829. The molecule has 18 heavy (non-hydrogen) atoms. The lowest BCUT2D eigenvalue weighted by molar-refractivity contribution is -0.132. The minimum absolute atomic E-state index is 0.374. The molecule has 0 aliphatic carbocycles. The lowest BCUT2D eigenvalue weighted by atomic mass is 10.2. The fourth-order valence-electron chi connectivity index (χ4n) is 1.51. The van der Waals surface area contributed by atoms with Gasteiger partial charge in [0.05, 0.1) is 19.1 Å². The van der Waals surface area contributed by atoms with Crippen LogP contribution in [0.5, 0.6) is 5.88 Å². The summed E-state index contributed by atoms with van der Waals surface area (Å²) in [7, 11) is 0. The summed E-state index contributed by atoms with van der Waals surface area (Å²) in [5, 5.41) is 1.20. The molecule has 0 bridgehead atoms. The Labute approximate surface area is 114 Å². The van der Waals surface area contributed by atoms with E-state index in [0.29, 0.717) is 22.5 Å². The van der Waals surface area contributed by atoms with Gasteiger partial charge in [-0.15, -0.1) is 0 Å². The third kappa shape index (κ3) is 3.03. The highest BCUT2D eigenvalue weighted by Gasteiger charge is 2.08. The van der Waals surface area contributed by atoms with Crippen LogP contribution in [-0.4, -0.2) is 15.5 Å². The van der Waals surface area contributed by atoms with Crippen LogP contribution in [0.25, 0.3) is 0 Å². The zero-order valence-corrected chi connectivity index (χ0v) is 11.1. The van der Waals surface area contributed by atoms with Crippen LogP contribution >= 0.6 is 23.2 Å². The molecule has 0 radical (unpaired) electrons. The van der Waals surface area contributed by atoms with E-state index in [1.54, 1.807) is 29.1 Å². The number of hydrogen-bond acceptors (Lipinski definition) is 3. The summed E-state index contributed by atoms with van der Waals surface area (Å²) in [5.74, 6) is -0.0208. The number of ether oxygens (including phenoxy) is 1. The van der Waals surface area contributed by atoms with E-state index in [0.717, 1.165) is 5.56 Å². The Morgan fingerprint density at radius 3 is 2.94 bits per heavy atom. The Bertz CT molecular complexity index is 581. The van der Waals surface area contributed by atoms with Gasteiger partial charge in [-0.2, -0.15) is 0 Å². The second-order valence-electron chi connectivity index (χ2n) is 3.69. The van der Waals surface area contributed by atoms with Crippen LogP contribution in [0.2, 0.25) is 10.0 Å². The molecule has 0 unspecified atom stereocenters. The molecule has 4 nitrogen and oxygen atoms in total. The summed E-state index contributed by atoms with van der Waals surface area (Å²) < 4.78 is 6.69. The molecule has 0 fully saturated rings. The molecule has 0 aliphatic rings. The van der Waals surface area contributed by atoms with Gasteiger partial charge in [-0.05, 0) is 23.8 Å². The number of carbonyl (C=O) groups excluding carboxylic acids is 1. The van der Waals surface area contributed by atoms with Crippen LogP contribution in [0.3, 0.4) is 0 Å².